The minimum atomic E-state index is -0.122. The van der Waals surface area contributed by atoms with Crippen LogP contribution in [0.5, 0.6) is 5.75 Å². The second kappa shape index (κ2) is 8.63. The van der Waals surface area contributed by atoms with E-state index in [1.54, 1.807) is 36.5 Å². The Bertz CT molecular complexity index is 1170. The number of nitrogens with zero attached hydrogens (tertiary/aromatic N) is 3. The fraction of sp³-hybridized carbons (Fsp3) is 0.208. The molecule has 0 N–H and O–H groups in total. The molecule has 0 bridgehead atoms. The molecule has 2 aromatic carbocycles. The first kappa shape index (κ1) is 20.0. The van der Waals surface area contributed by atoms with E-state index in [0.29, 0.717) is 28.9 Å². The van der Waals surface area contributed by atoms with Crippen LogP contribution in [0.25, 0.3) is 10.2 Å². The summed E-state index contributed by atoms with van der Waals surface area (Å²) in [5.41, 5.74) is 3.64. The van der Waals surface area contributed by atoms with Crippen molar-refractivity contribution in [3.63, 3.8) is 0 Å². The van der Waals surface area contributed by atoms with Gasteiger partial charge in [0.05, 0.1) is 23.9 Å². The van der Waals surface area contributed by atoms with Crippen LogP contribution in [-0.4, -0.2) is 23.0 Å². The van der Waals surface area contributed by atoms with E-state index in [0.717, 1.165) is 15.8 Å². The van der Waals surface area contributed by atoms with Gasteiger partial charge in [0.1, 0.15) is 5.75 Å². The molecule has 1 amide bonds. The summed E-state index contributed by atoms with van der Waals surface area (Å²) in [5, 5.41) is 0.676. The third kappa shape index (κ3) is 4.04. The molecule has 2 heterocycles. The predicted octanol–water partition coefficient (Wildman–Crippen LogP) is 5.67. The number of fused-ring (bicyclic) bond motifs is 1. The van der Waals surface area contributed by atoms with Crippen molar-refractivity contribution in [1.82, 2.24) is 9.97 Å². The normalized spacial score (nSPS) is 11.1. The quantitative estimate of drug-likeness (QED) is 0.406. The molecule has 0 saturated heterocycles. The second-order valence-corrected chi connectivity index (χ2v) is 8.34. The molecule has 4 aromatic rings. The number of carbonyl (C=O) groups excluding carboxylic acids is 1. The molecule has 0 radical (unpaired) electrons. The van der Waals surface area contributed by atoms with Gasteiger partial charge in [-0.25, -0.2) is 4.98 Å². The maximum atomic E-state index is 13.5. The molecule has 0 spiro atoms. The topological polar surface area (TPSA) is 55.3 Å². The van der Waals surface area contributed by atoms with E-state index in [2.05, 4.69) is 37.0 Å². The number of hydrogen-bond acceptors (Lipinski definition) is 5. The van der Waals surface area contributed by atoms with E-state index in [1.165, 1.54) is 16.9 Å². The SMILES string of the molecule is COc1cccc(C(=O)N(Cc2cccnc2)c2nc3c(C(C)C)cccc3s2)c1. The Labute approximate surface area is 180 Å². The lowest BCUT2D eigenvalue weighted by Gasteiger charge is -2.20. The van der Waals surface area contributed by atoms with Crippen molar-refractivity contribution in [3.8, 4) is 5.75 Å². The smallest absolute Gasteiger partial charge is 0.260 e. The summed E-state index contributed by atoms with van der Waals surface area (Å²) in [6.45, 7) is 4.70. The minimum Gasteiger partial charge on any atom is -0.497 e. The number of anilines is 1. The molecule has 0 aliphatic rings. The molecule has 0 fully saturated rings. The van der Waals surface area contributed by atoms with Crippen molar-refractivity contribution >= 4 is 32.6 Å². The van der Waals surface area contributed by atoms with Crippen LogP contribution in [0, 0.1) is 0 Å². The van der Waals surface area contributed by atoms with Gasteiger partial charge in [-0.15, -0.1) is 0 Å². The van der Waals surface area contributed by atoms with Crippen LogP contribution >= 0.6 is 11.3 Å². The second-order valence-electron chi connectivity index (χ2n) is 7.33. The van der Waals surface area contributed by atoms with Crippen LogP contribution in [0.2, 0.25) is 0 Å². The van der Waals surface area contributed by atoms with Crippen molar-refractivity contribution in [2.45, 2.75) is 26.3 Å². The van der Waals surface area contributed by atoms with Gasteiger partial charge in [0.25, 0.3) is 5.91 Å². The summed E-state index contributed by atoms with van der Waals surface area (Å²) in [6.07, 6.45) is 3.50. The Hall–Kier alpha value is -3.25. The number of aromatic nitrogens is 2. The molecule has 0 unspecified atom stereocenters. The molecule has 0 atom stereocenters. The standard InChI is InChI=1S/C24H23N3O2S/c1-16(2)20-10-5-11-21-22(20)26-24(30-21)27(15-17-7-6-12-25-14-17)23(28)18-8-4-9-19(13-18)29-3/h4-14,16H,15H2,1-3H3. The number of para-hydroxylation sites is 1. The largest absolute Gasteiger partial charge is 0.497 e. The zero-order chi connectivity index (χ0) is 21.1. The molecule has 152 valence electrons. The lowest BCUT2D eigenvalue weighted by atomic mass is 10.0. The van der Waals surface area contributed by atoms with E-state index in [1.807, 2.05) is 24.3 Å². The van der Waals surface area contributed by atoms with Crippen molar-refractivity contribution < 1.29 is 9.53 Å². The number of benzene rings is 2. The summed E-state index contributed by atoms with van der Waals surface area (Å²) < 4.78 is 6.38. The summed E-state index contributed by atoms with van der Waals surface area (Å²) >= 11 is 1.53. The Morgan fingerprint density at radius 2 is 1.97 bits per heavy atom. The van der Waals surface area contributed by atoms with Crippen molar-refractivity contribution in [3.05, 3.63) is 83.7 Å². The van der Waals surface area contributed by atoms with Crippen molar-refractivity contribution in [2.24, 2.45) is 0 Å². The van der Waals surface area contributed by atoms with Crippen LogP contribution in [0.4, 0.5) is 5.13 Å². The summed E-state index contributed by atoms with van der Waals surface area (Å²) in [5.74, 6) is 0.876. The van der Waals surface area contributed by atoms with Crippen LogP contribution < -0.4 is 9.64 Å². The molecule has 2 aromatic heterocycles. The van der Waals surface area contributed by atoms with E-state index >= 15 is 0 Å². The lowest BCUT2D eigenvalue weighted by molar-refractivity contribution is 0.0985. The third-order valence-electron chi connectivity index (χ3n) is 4.92. The van der Waals surface area contributed by atoms with Crippen LogP contribution in [0.15, 0.2) is 67.0 Å². The first-order chi connectivity index (χ1) is 14.6. The van der Waals surface area contributed by atoms with Gasteiger partial charge in [0.2, 0.25) is 0 Å². The maximum Gasteiger partial charge on any atom is 0.260 e. The number of rotatable bonds is 6. The zero-order valence-corrected chi connectivity index (χ0v) is 18.0. The van der Waals surface area contributed by atoms with Gasteiger partial charge in [-0.3, -0.25) is 14.7 Å². The highest BCUT2D eigenvalue weighted by atomic mass is 32.1. The molecule has 30 heavy (non-hydrogen) atoms. The monoisotopic (exact) mass is 417 g/mol. The van der Waals surface area contributed by atoms with Gasteiger partial charge in [-0.2, -0.15) is 0 Å². The Morgan fingerprint density at radius 1 is 1.13 bits per heavy atom. The molecular weight excluding hydrogens is 394 g/mol. The van der Waals surface area contributed by atoms with Gasteiger partial charge >= 0.3 is 0 Å². The maximum absolute atomic E-state index is 13.5. The Morgan fingerprint density at radius 3 is 2.70 bits per heavy atom. The lowest BCUT2D eigenvalue weighted by Crippen LogP contribution is -2.30. The van der Waals surface area contributed by atoms with Crippen LogP contribution in [-0.2, 0) is 6.54 Å². The molecule has 5 nitrogen and oxygen atoms in total. The van der Waals surface area contributed by atoms with E-state index in [-0.39, 0.29) is 5.91 Å². The highest BCUT2D eigenvalue weighted by Crippen LogP contribution is 2.34. The number of pyridine rings is 1. The van der Waals surface area contributed by atoms with Gasteiger partial charge in [0.15, 0.2) is 5.13 Å². The zero-order valence-electron chi connectivity index (χ0n) is 17.2. The summed E-state index contributed by atoms with van der Waals surface area (Å²) in [4.78, 5) is 24.3. The number of hydrogen-bond donors (Lipinski definition) is 0. The average Bonchev–Trinajstić information content (AvgIpc) is 3.21. The molecule has 0 aliphatic heterocycles. The van der Waals surface area contributed by atoms with E-state index in [4.69, 9.17) is 9.72 Å². The van der Waals surface area contributed by atoms with Gasteiger partial charge in [-0.05, 0) is 47.4 Å². The highest BCUT2D eigenvalue weighted by Gasteiger charge is 2.23. The van der Waals surface area contributed by atoms with Crippen LogP contribution in [0.3, 0.4) is 0 Å². The first-order valence-electron chi connectivity index (χ1n) is 9.81. The third-order valence-corrected chi connectivity index (χ3v) is 5.96. The van der Waals surface area contributed by atoms with Crippen molar-refractivity contribution in [2.75, 3.05) is 12.0 Å². The fourth-order valence-electron chi connectivity index (χ4n) is 3.35. The average molecular weight is 418 g/mol. The number of ether oxygens (including phenoxy) is 1. The van der Waals surface area contributed by atoms with Crippen molar-refractivity contribution in [1.29, 1.82) is 0 Å². The molecule has 4 rings (SSSR count). The summed E-state index contributed by atoms with van der Waals surface area (Å²) in [7, 11) is 1.60. The summed E-state index contributed by atoms with van der Waals surface area (Å²) in [6, 6.07) is 17.3. The van der Waals surface area contributed by atoms with Gasteiger partial charge < -0.3 is 4.74 Å². The van der Waals surface area contributed by atoms with Gasteiger partial charge in [0, 0.05) is 18.0 Å². The van der Waals surface area contributed by atoms with Gasteiger partial charge in [-0.1, -0.05) is 49.4 Å². The Kier molecular flexibility index (Phi) is 5.77. The van der Waals surface area contributed by atoms with E-state index < -0.39 is 0 Å². The van der Waals surface area contributed by atoms with Crippen LogP contribution in [0.1, 0.15) is 41.3 Å². The predicted molar refractivity (Wildman–Crippen MR) is 121 cm³/mol. The molecular formula is C24H23N3O2S. The van der Waals surface area contributed by atoms with E-state index in [9.17, 15) is 4.79 Å². The number of amides is 1. The first-order valence-corrected chi connectivity index (χ1v) is 10.6. The number of thiazole rings is 1. The number of methoxy groups -OCH3 is 1. The fourth-order valence-corrected chi connectivity index (χ4v) is 4.35. The molecule has 0 aliphatic carbocycles. The highest BCUT2D eigenvalue weighted by molar-refractivity contribution is 7.22. The molecule has 6 heteroatoms. The number of carbonyl (C=O) groups is 1. The molecule has 0 saturated carbocycles. The Balaban J connectivity index is 1.80. The minimum absolute atomic E-state index is 0.122.